The molecule has 0 unspecified atom stereocenters. The number of urea groups is 1. The molecule has 0 aliphatic rings. The Balaban J connectivity index is 4.45. The van der Waals surface area contributed by atoms with E-state index in [-0.39, 0.29) is 18.1 Å². The third kappa shape index (κ3) is 7.38. The van der Waals surface area contributed by atoms with E-state index in [0.717, 1.165) is 11.5 Å². The average molecular weight is 279 g/mol. The molecule has 0 fully saturated rings. The third-order valence-electron chi connectivity index (χ3n) is 1.44. The first-order valence-electron chi connectivity index (χ1n) is 5.53. The van der Waals surface area contributed by atoms with Crippen molar-refractivity contribution in [3.63, 3.8) is 0 Å². The van der Waals surface area contributed by atoms with Crippen LogP contribution in [0.2, 0.25) is 0 Å². The average Bonchev–Trinajstić information content (AvgIpc) is 2.27. The zero-order valence-electron chi connectivity index (χ0n) is 11.0. The van der Waals surface area contributed by atoms with Gasteiger partial charge in [-0.1, -0.05) is 13.8 Å². The second-order valence-corrected chi connectivity index (χ2v) is 5.89. The van der Waals surface area contributed by atoms with E-state index in [1.165, 1.54) is 31.0 Å². The van der Waals surface area contributed by atoms with Gasteiger partial charge in [-0.25, -0.2) is 13.5 Å². The van der Waals surface area contributed by atoms with Crippen LogP contribution in [0, 0.1) is 0 Å². The molecule has 0 atom stereocenters. The van der Waals surface area contributed by atoms with Gasteiger partial charge in [0.05, 0.1) is 7.11 Å². The number of amides is 2. The number of nitrogens with one attached hydrogen (secondary N) is 1. The Bertz CT molecular complexity index is 254. The normalized spacial score (nSPS) is 11.5. The fraction of sp³-hybridized carbons (Fsp3) is 0.800. The van der Waals surface area contributed by atoms with Crippen LogP contribution in [0.25, 0.3) is 0 Å². The summed E-state index contributed by atoms with van der Waals surface area (Å²) in [6, 6.07) is 0.115. The van der Waals surface area contributed by atoms with Gasteiger partial charge in [0.15, 0.2) is 0 Å². The van der Waals surface area contributed by atoms with Gasteiger partial charge in [-0.2, -0.15) is 0 Å². The summed E-state index contributed by atoms with van der Waals surface area (Å²) in [5.41, 5.74) is 0. The second-order valence-electron chi connectivity index (χ2n) is 3.25. The minimum atomic E-state index is -0.218. The van der Waals surface area contributed by atoms with E-state index in [1.807, 2.05) is 27.7 Å². The second kappa shape index (κ2) is 9.47. The van der Waals surface area contributed by atoms with E-state index >= 15 is 0 Å². The molecule has 17 heavy (non-hydrogen) atoms. The smallest absolute Gasteiger partial charge is 0.345 e. The summed E-state index contributed by atoms with van der Waals surface area (Å²) in [5, 5.41) is 2.64. The fourth-order valence-electron chi connectivity index (χ4n) is 0.897. The minimum Gasteiger partial charge on any atom is -0.468 e. The van der Waals surface area contributed by atoms with E-state index in [9.17, 15) is 4.79 Å². The third-order valence-corrected chi connectivity index (χ3v) is 3.39. The predicted octanol–water partition coefficient (Wildman–Crippen LogP) is 2.75. The molecule has 0 bridgehead atoms. The Labute approximate surface area is 112 Å². The van der Waals surface area contributed by atoms with Crippen LogP contribution >= 0.6 is 23.9 Å². The molecular formula is C10H21N3O2S2. The van der Waals surface area contributed by atoms with Gasteiger partial charge in [-0.3, -0.25) is 5.32 Å². The maximum absolute atomic E-state index is 11.9. The molecular weight excluding hydrogens is 258 g/mol. The number of nitrogens with zero attached hydrogens (tertiary/aromatic N) is 2. The molecule has 0 aromatic rings. The lowest BCUT2D eigenvalue weighted by atomic mass is 10.4. The maximum atomic E-state index is 11.9. The van der Waals surface area contributed by atoms with Crippen molar-refractivity contribution >= 4 is 35.9 Å². The molecule has 0 spiro atoms. The van der Waals surface area contributed by atoms with Crippen LogP contribution in [0.5, 0.6) is 0 Å². The molecule has 0 saturated heterocycles. The first kappa shape index (κ1) is 16.4. The highest BCUT2D eigenvalue weighted by molar-refractivity contribution is 8.12. The van der Waals surface area contributed by atoms with Crippen LogP contribution in [-0.2, 0) is 4.74 Å². The highest BCUT2D eigenvalue weighted by Crippen LogP contribution is 2.20. The van der Waals surface area contributed by atoms with Gasteiger partial charge in [0.1, 0.15) is 0 Å². The first-order chi connectivity index (χ1) is 8.04. The standard InChI is InChI=1S/C10H21N3O2S2/c1-6-16-13(17-7-2)10(14)12-9(15-5)11-8(3)4/h8H,6-7H2,1-5H3,(H,11,12,14). The van der Waals surface area contributed by atoms with E-state index in [2.05, 4.69) is 10.3 Å². The van der Waals surface area contributed by atoms with Gasteiger partial charge in [-0.15, -0.1) is 0 Å². The molecule has 0 saturated carbocycles. The van der Waals surface area contributed by atoms with E-state index in [4.69, 9.17) is 4.74 Å². The van der Waals surface area contributed by atoms with Crippen LogP contribution < -0.4 is 5.32 Å². The Morgan fingerprint density at radius 1 is 1.35 bits per heavy atom. The van der Waals surface area contributed by atoms with Gasteiger partial charge < -0.3 is 4.74 Å². The summed E-state index contributed by atoms with van der Waals surface area (Å²) < 4.78 is 6.62. The maximum Gasteiger partial charge on any atom is 0.345 e. The van der Waals surface area contributed by atoms with E-state index in [1.54, 1.807) is 3.71 Å². The van der Waals surface area contributed by atoms with E-state index in [0.29, 0.717) is 0 Å². The number of hydrogen-bond acceptors (Lipinski definition) is 5. The topological polar surface area (TPSA) is 53.9 Å². The number of carbonyl (C=O) groups excluding carboxylic acids is 1. The summed E-state index contributed by atoms with van der Waals surface area (Å²) in [6.07, 6.45) is 0. The van der Waals surface area contributed by atoms with Crippen LogP contribution in [0.1, 0.15) is 27.7 Å². The first-order valence-corrected chi connectivity index (χ1v) is 7.42. The van der Waals surface area contributed by atoms with Crippen molar-refractivity contribution in [1.29, 1.82) is 0 Å². The van der Waals surface area contributed by atoms with Gasteiger partial charge in [-0.05, 0) is 37.7 Å². The summed E-state index contributed by atoms with van der Waals surface area (Å²) in [4.78, 5) is 16.0. The quantitative estimate of drug-likeness (QED) is 0.477. The van der Waals surface area contributed by atoms with Gasteiger partial charge in [0.25, 0.3) is 6.02 Å². The molecule has 0 radical (unpaired) electrons. The van der Waals surface area contributed by atoms with E-state index < -0.39 is 0 Å². The largest absolute Gasteiger partial charge is 0.468 e. The van der Waals surface area contributed by atoms with Gasteiger partial charge in [0.2, 0.25) is 0 Å². The molecule has 0 aromatic heterocycles. The summed E-state index contributed by atoms with van der Waals surface area (Å²) >= 11 is 2.91. The molecule has 0 aliphatic heterocycles. The number of amidine groups is 1. The summed E-state index contributed by atoms with van der Waals surface area (Å²) in [6.45, 7) is 7.84. The lowest BCUT2D eigenvalue weighted by Gasteiger charge is -2.19. The molecule has 5 nitrogen and oxygen atoms in total. The fourth-order valence-corrected chi connectivity index (χ4v) is 2.62. The lowest BCUT2D eigenvalue weighted by Crippen LogP contribution is -2.38. The minimum absolute atomic E-state index is 0.0800. The number of hydrogen-bond donors (Lipinski definition) is 1. The molecule has 0 aliphatic carbocycles. The molecule has 7 heteroatoms. The zero-order chi connectivity index (χ0) is 13.3. The number of rotatable bonds is 5. The van der Waals surface area contributed by atoms with Crippen molar-refractivity contribution in [3.05, 3.63) is 0 Å². The number of methoxy groups -OCH3 is 1. The number of ether oxygens (including phenoxy) is 1. The van der Waals surface area contributed by atoms with Crippen molar-refractivity contribution < 1.29 is 9.53 Å². The van der Waals surface area contributed by atoms with Crippen molar-refractivity contribution in [1.82, 2.24) is 9.03 Å². The van der Waals surface area contributed by atoms with Gasteiger partial charge >= 0.3 is 6.03 Å². The van der Waals surface area contributed by atoms with Crippen LogP contribution in [-0.4, -0.2) is 40.4 Å². The van der Waals surface area contributed by atoms with Crippen molar-refractivity contribution in [2.45, 2.75) is 33.7 Å². The number of carbonyl (C=O) groups is 1. The molecule has 0 heterocycles. The molecule has 0 rings (SSSR count). The Morgan fingerprint density at radius 2 is 1.88 bits per heavy atom. The zero-order valence-corrected chi connectivity index (χ0v) is 12.7. The van der Waals surface area contributed by atoms with Crippen LogP contribution in [0.15, 0.2) is 4.99 Å². The van der Waals surface area contributed by atoms with Crippen molar-refractivity contribution in [3.8, 4) is 0 Å². The molecule has 0 aromatic carbocycles. The Hall–Kier alpha value is -0.560. The van der Waals surface area contributed by atoms with Crippen LogP contribution in [0.4, 0.5) is 4.79 Å². The summed E-state index contributed by atoms with van der Waals surface area (Å²) in [5.74, 6) is 1.67. The summed E-state index contributed by atoms with van der Waals surface area (Å²) in [7, 11) is 1.49. The van der Waals surface area contributed by atoms with Crippen molar-refractivity contribution in [2.24, 2.45) is 4.99 Å². The Morgan fingerprint density at radius 3 is 2.24 bits per heavy atom. The molecule has 1 N–H and O–H groups in total. The lowest BCUT2D eigenvalue weighted by molar-refractivity contribution is 0.240. The molecule has 100 valence electrons. The highest BCUT2D eigenvalue weighted by atomic mass is 32.2. The monoisotopic (exact) mass is 279 g/mol. The van der Waals surface area contributed by atoms with Crippen molar-refractivity contribution in [2.75, 3.05) is 18.6 Å². The predicted molar refractivity (Wildman–Crippen MR) is 76.2 cm³/mol. The van der Waals surface area contributed by atoms with Crippen LogP contribution in [0.3, 0.4) is 0 Å². The highest BCUT2D eigenvalue weighted by Gasteiger charge is 2.16. The molecule has 2 amide bonds. The SMILES string of the molecule is CCSN(SCC)C(=O)NC(=NC(C)C)OC. The number of aliphatic imine (C=N–C) groups is 1. The van der Waals surface area contributed by atoms with Gasteiger partial charge in [0, 0.05) is 17.5 Å². The Kier molecular flexibility index (Phi) is 9.16.